The summed E-state index contributed by atoms with van der Waals surface area (Å²) in [6, 6.07) is 10.8. The highest BCUT2D eigenvalue weighted by Crippen LogP contribution is 2.45. The zero-order valence-corrected chi connectivity index (χ0v) is 12.1. The normalized spacial score (nSPS) is 10.8. The van der Waals surface area contributed by atoms with Gasteiger partial charge in [0.1, 0.15) is 5.56 Å². The van der Waals surface area contributed by atoms with E-state index in [1.807, 2.05) is 25.1 Å². The number of hydrogen-bond donors (Lipinski definition) is 2. The van der Waals surface area contributed by atoms with E-state index in [0.29, 0.717) is 21.8 Å². The average Bonchev–Trinajstić information content (AvgIpc) is 2.74. The monoisotopic (exact) mass is 300 g/mol. The second-order valence-electron chi connectivity index (χ2n) is 4.72. The van der Waals surface area contributed by atoms with Gasteiger partial charge in [0, 0.05) is 11.8 Å². The summed E-state index contributed by atoms with van der Waals surface area (Å²) in [5.74, 6) is 0.302. The van der Waals surface area contributed by atoms with E-state index in [1.165, 1.54) is 0 Å². The van der Waals surface area contributed by atoms with E-state index in [-0.39, 0.29) is 17.4 Å². The van der Waals surface area contributed by atoms with Crippen molar-refractivity contribution in [2.24, 2.45) is 0 Å². The largest absolute Gasteiger partial charge is 0.504 e. The van der Waals surface area contributed by atoms with Crippen LogP contribution >= 0.6 is 11.6 Å². The molecular formula is C16H13ClN2O2. The Morgan fingerprint density at radius 1 is 1.24 bits per heavy atom. The van der Waals surface area contributed by atoms with Gasteiger partial charge in [-0.15, -0.1) is 0 Å². The smallest absolute Gasteiger partial charge is 0.204 e. The fourth-order valence-corrected chi connectivity index (χ4v) is 2.41. The van der Waals surface area contributed by atoms with Crippen molar-refractivity contribution >= 4 is 17.5 Å². The number of nitrogens with zero attached hydrogens (tertiary/aromatic N) is 1. The lowest BCUT2D eigenvalue weighted by molar-refractivity contribution is 0.467. The van der Waals surface area contributed by atoms with Crippen molar-refractivity contribution < 1.29 is 9.52 Å². The number of furan rings is 1. The van der Waals surface area contributed by atoms with Crippen molar-refractivity contribution in [2.45, 2.75) is 6.92 Å². The molecule has 0 aliphatic heterocycles. The highest BCUT2D eigenvalue weighted by atomic mass is 35.5. The SMILES string of the molecule is Cc1ccnc(-c2c(N)oc(-c3ccccc3Cl)c2O)c1. The molecular weight excluding hydrogens is 288 g/mol. The Morgan fingerprint density at radius 3 is 2.71 bits per heavy atom. The number of nitrogens with two attached hydrogens (primary N) is 1. The van der Waals surface area contributed by atoms with Crippen LogP contribution in [-0.2, 0) is 0 Å². The minimum Gasteiger partial charge on any atom is -0.504 e. The highest BCUT2D eigenvalue weighted by molar-refractivity contribution is 6.33. The Bertz CT molecular complexity index is 812. The van der Waals surface area contributed by atoms with Crippen molar-refractivity contribution in [3.8, 4) is 28.3 Å². The first-order valence-electron chi connectivity index (χ1n) is 6.37. The summed E-state index contributed by atoms with van der Waals surface area (Å²) in [6.45, 7) is 1.94. The van der Waals surface area contributed by atoms with E-state index < -0.39 is 0 Å². The van der Waals surface area contributed by atoms with Crippen LogP contribution in [0.3, 0.4) is 0 Å². The van der Waals surface area contributed by atoms with Gasteiger partial charge in [-0.25, -0.2) is 0 Å². The number of aromatic hydroxyl groups is 1. The van der Waals surface area contributed by atoms with Crippen LogP contribution in [-0.4, -0.2) is 10.1 Å². The minimum absolute atomic E-state index is 0.0568. The van der Waals surface area contributed by atoms with E-state index in [4.69, 9.17) is 21.8 Å². The zero-order chi connectivity index (χ0) is 15.0. The maximum atomic E-state index is 10.5. The fourth-order valence-electron chi connectivity index (χ4n) is 2.19. The Morgan fingerprint density at radius 2 is 2.00 bits per heavy atom. The molecule has 2 aromatic heterocycles. The van der Waals surface area contributed by atoms with Crippen LogP contribution in [0.2, 0.25) is 5.02 Å². The van der Waals surface area contributed by atoms with Crippen molar-refractivity contribution in [1.29, 1.82) is 0 Å². The number of pyridine rings is 1. The summed E-state index contributed by atoms with van der Waals surface area (Å²) < 4.78 is 5.51. The molecule has 0 atom stereocenters. The third-order valence-corrected chi connectivity index (χ3v) is 3.53. The van der Waals surface area contributed by atoms with Crippen LogP contribution in [0.4, 0.5) is 5.88 Å². The molecule has 2 heterocycles. The lowest BCUT2D eigenvalue weighted by Crippen LogP contribution is -1.88. The maximum Gasteiger partial charge on any atom is 0.204 e. The lowest BCUT2D eigenvalue weighted by atomic mass is 10.1. The number of aromatic nitrogens is 1. The molecule has 4 nitrogen and oxygen atoms in total. The zero-order valence-electron chi connectivity index (χ0n) is 11.3. The first-order chi connectivity index (χ1) is 10.1. The van der Waals surface area contributed by atoms with Crippen LogP contribution in [0.1, 0.15) is 5.56 Å². The molecule has 5 heteroatoms. The Kier molecular flexibility index (Phi) is 3.31. The van der Waals surface area contributed by atoms with Gasteiger partial charge >= 0.3 is 0 Å². The number of rotatable bonds is 2. The predicted octanol–water partition coefficient (Wildman–Crippen LogP) is 4.26. The summed E-state index contributed by atoms with van der Waals surface area (Å²) >= 11 is 6.14. The molecule has 0 aliphatic carbocycles. The molecule has 21 heavy (non-hydrogen) atoms. The van der Waals surface area contributed by atoms with Gasteiger partial charge in [-0.3, -0.25) is 4.98 Å². The van der Waals surface area contributed by atoms with E-state index in [9.17, 15) is 5.11 Å². The average molecular weight is 301 g/mol. The molecule has 0 fully saturated rings. The van der Waals surface area contributed by atoms with Gasteiger partial charge in [0.2, 0.25) is 5.88 Å². The number of benzene rings is 1. The van der Waals surface area contributed by atoms with Gasteiger partial charge in [-0.2, -0.15) is 0 Å². The summed E-state index contributed by atoms with van der Waals surface area (Å²) in [6.07, 6.45) is 1.66. The van der Waals surface area contributed by atoms with Crippen molar-refractivity contribution in [3.63, 3.8) is 0 Å². The van der Waals surface area contributed by atoms with Gasteiger partial charge in [0.05, 0.1) is 10.7 Å². The molecule has 0 saturated carbocycles. The molecule has 106 valence electrons. The highest BCUT2D eigenvalue weighted by Gasteiger charge is 2.22. The Balaban J connectivity index is 2.20. The Hall–Kier alpha value is -2.46. The minimum atomic E-state index is -0.0568. The van der Waals surface area contributed by atoms with Crippen LogP contribution < -0.4 is 5.73 Å². The molecule has 0 radical (unpaired) electrons. The molecule has 0 bridgehead atoms. The molecule has 0 spiro atoms. The van der Waals surface area contributed by atoms with Gasteiger partial charge in [0.25, 0.3) is 0 Å². The van der Waals surface area contributed by atoms with E-state index in [1.54, 1.807) is 24.4 Å². The molecule has 3 N–H and O–H groups in total. The Labute approximate surface area is 126 Å². The number of nitrogen functional groups attached to an aromatic ring is 1. The first kappa shape index (κ1) is 13.5. The third kappa shape index (κ3) is 2.34. The number of anilines is 1. The molecule has 0 amide bonds. The standard InChI is InChI=1S/C16H13ClN2O2/c1-9-6-7-19-12(8-9)13-14(20)15(21-16(13)18)10-4-2-3-5-11(10)17/h2-8,20H,18H2,1H3. The molecule has 0 aliphatic rings. The van der Waals surface area contributed by atoms with E-state index >= 15 is 0 Å². The van der Waals surface area contributed by atoms with Crippen molar-refractivity contribution in [1.82, 2.24) is 4.98 Å². The molecule has 0 unspecified atom stereocenters. The quantitative estimate of drug-likeness (QED) is 0.742. The third-order valence-electron chi connectivity index (χ3n) is 3.20. The summed E-state index contributed by atoms with van der Waals surface area (Å²) in [4.78, 5) is 4.23. The van der Waals surface area contributed by atoms with Gasteiger partial charge in [-0.05, 0) is 36.8 Å². The van der Waals surface area contributed by atoms with Crippen LogP contribution in [0.5, 0.6) is 5.75 Å². The number of halogens is 1. The van der Waals surface area contributed by atoms with Gasteiger partial charge < -0.3 is 15.3 Å². The summed E-state index contributed by atoms with van der Waals surface area (Å²) in [5, 5.41) is 10.9. The summed E-state index contributed by atoms with van der Waals surface area (Å²) in [5.41, 5.74) is 8.45. The van der Waals surface area contributed by atoms with Gasteiger partial charge in [0.15, 0.2) is 11.5 Å². The molecule has 3 rings (SSSR count). The van der Waals surface area contributed by atoms with Crippen LogP contribution in [0.15, 0.2) is 47.0 Å². The first-order valence-corrected chi connectivity index (χ1v) is 6.75. The molecule has 1 aromatic carbocycles. The topological polar surface area (TPSA) is 72.3 Å². The van der Waals surface area contributed by atoms with Crippen LogP contribution in [0, 0.1) is 6.92 Å². The lowest BCUT2D eigenvalue weighted by Gasteiger charge is -2.02. The van der Waals surface area contributed by atoms with Gasteiger partial charge in [-0.1, -0.05) is 23.7 Å². The molecule has 0 saturated heterocycles. The predicted molar refractivity (Wildman–Crippen MR) is 83.2 cm³/mol. The second kappa shape index (κ2) is 5.14. The second-order valence-corrected chi connectivity index (χ2v) is 5.12. The van der Waals surface area contributed by atoms with E-state index in [2.05, 4.69) is 4.98 Å². The van der Waals surface area contributed by atoms with Crippen molar-refractivity contribution in [3.05, 3.63) is 53.2 Å². The van der Waals surface area contributed by atoms with Crippen molar-refractivity contribution in [2.75, 3.05) is 5.73 Å². The number of aryl methyl sites for hydroxylation is 1. The summed E-state index contributed by atoms with van der Waals surface area (Å²) in [7, 11) is 0. The van der Waals surface area contributed by atoms with Crippen LogP contribution in [0.25, 0.3) is 22.6 Å². The fraction of sp³-hybridized carbons (Fsp3) is 0.0625. The van der Waals surface area contributed by atoms with E-state index in [0.717, 1.165) is 5.56 Å². The maximum absolute atomic E-state index is 10.5. The number of hydrogen-bond acceptors (Lipinski definition) is 4. The molecule has 3 aromatic rings.